The summed E-state index contributed by atoms with van der Waals surface area (Å²) in [5.74, 6) is 0. The fraction of sp³-hybridized carbons (Fsp3) is 0.286. The zero-order chi connectivity index (χ0) is 12.3. The molecule has 1 heterocycles. The molecular weight excluding hydrogens is 294 g/mol. The fourth-order valence-electron chi connectivity index (χ4n) is 1.67. The fourth-order valence-corrected chi connectivity index (χ4v) is 3.08. The van der Waals surface area contributed by atoms with Crippen LogP contribution in [0.1, 0.15) is 29.0 Å². The van der Waals surface area contributed by atoms with Crippen molar-refractivity contribution in [3.05, 3.63) is 56.2 Å². The molecule has 0 amide bonds. The number of hydrogen-bond acceptors (Lipinski definition) is 2. The molecule has 1 atom stereocenters. The largest absolute Gasteiger partial charge is 0.305 e. The number of rotatable bonds is 4. The first-order valence-electron chi connectivity index (χ1n) is 5.68. The highest BCUT2D eigenvalue weighted by atomic mass is 79.9. The first kappa shape index (κ1) is 12.8. The third-order valence-corrected chi connectivity index (χ3v) is 4.48. The van der Waals surface area contributed by atoms with E-state index < -0.39 is 0 Å². The molecule has 3 heteroatoms. The summed E-state index contributed by atoms with van der Waals surface area (Å²) in [5.41, 5.74) is 2.65. The summed E-state index contributed by atoms with van der Waals surface area (Å²) in [6, 6.07) is 11.3. The van der Waals surface area contributed by atoms with E-state index in [9.17, 15) is 0 Å². The molecule has 0 saturated heterocycles. The standard InChI is InChI=1S/C14H16BrNS/c1-10-3-5-12(6-4-10)11(2)16-8-14-7-13(15)9-17-14/h3-7,9,11,16H,8H2,1-2H3/t11-/m1/s1. The number of halogens is 1. The molecule has 90 valence electrons. The average molecular weight is 310 g/mol. The molecule has 0 aliphatic rings. The summed E-state index contributed by atoms with van der Waals surface area (Å²) < 4.78 is 1.17. The Labute approximate surface area is 115 Å². The lowest BCUT2D eigenvalue weighted by Gasteiger charge is -2.13. The van der Waals surface area contributed by atoms with Crippen LogP contribution in [0.15, 0.2) is 40.2 Å². The Balaban J connectivity index is 1.93. The highest BCUT2D eigenvalue weighted by Crippen LogP contribution is 2.21. The molecule has 1 aromatic carbocycles. The highest BCUT2D eigenvalue weighted by Gasteiger charge is 2.05. The van der Waals surface area contributed by atoms with Crippen molar-refractivity contribution in [1.82, 2.24) is 5.32 Å². The summed E-state index contributed by atoms with van der Waals surface area (Å²) in [6.45, 7) is 5.24. The Kier molecular flexibility index (Phi) is 4.37. The van der Waals surface area contributed by atoms with Gasteiger partial charge in [0, 0.05) is 27.3 Å². The van der Waals surface area contributed by atoms with Gasteiger partial charge in [-0.05, 0) is 41.4 Å². The van der Waals surface area contributed by atoms with Crippen LogP contribution in [0, 0.1) is 6.92 Å². The predicted octanol–water partition coefficient (Wildman–Crippen LogP) is 4.67. The van der Waals surface area contributed by atoms with Crippen molar-refractivity contribution in [2.75, 3.05) is 0 Å². The molecule has 2 rings (SSSR count). The van der Waals surface area contributed by atoms with E-state index >= 15 is 0 Å². The molecule has 0 saturated carbocycles. The van der Waals surface area contributed by atoms with Gasteiger partial charge in [0.2, 0.25) is 0 Å². The van der Waals surface area contributed by atoms with Crippen molar-refractivity contribution in [1.29, 1.82) is 0 Å². The van der Waals surface area contributed by atoms with Crippen molar-refractivity contribution in [2.45, 2.75) is 26.4 Å². The van der Waals surface area contributed by atoms with E-state index in [0.29, 0.717) is 6.04 Å². The van der Waals surface area contributed by atoms with E-state index in [4.69, 9.17) is 0 Å². The van der Waals surface area contributed by atoms with E-state index in [-0.39, 0.29) is 0 Å². The SMILES string of the molecule is Cc1ccc([C@@H](C)NCc2cc(Br)cs2)cc1. The van der Waals surface area contributed by atoms with Crippen LogP contribution in [0.4, 0.5) is 0 Å². The zero-order valence-corrected chi connectivity index (χ0v) is 12.4. The first-order chi connectivity index (χ1) is 8.15. The topological polar surface area (TPSA) is 12.0 Å². The summed E-state index contributed by atoms with van der Waals surface area (Å²) in [5, 5.41) is 5.66. The van der Waals surface area contributed by atoms with Crippen LogP contribution in [-0.4, -0.2) is 0 Å². The molecule has 17 heavy (non-hydrogen) atoms. The second-order valence-corrected chi connectivity index (χ2v) is 6.16. The number of hydrogen-bond donors (Lipinski definition) is 1. The van der Waals surface area contributed by atoms with Crippen LogP contribution in [0.5, 0.6) is 0 Å². The van der Waals surface area contributed by atoms with Crippen molar-refractivity contribution in [3.63, 3.8) is 0 Å². The Morgan fingerprint density at radius 2 is 2.00 bits per heavy atom. The lowest BCUT2D eigenvalue weighted by Crippen LogP contribution is -2.17. The van der Waals surface area contributed by atoms with Crippen LogP contribution < -0.4 is 5.32 Å². The second-order valence-electron chi connectivity index (χ2n) is 4.24. The van der Waals surface area contributed by atoms with Crippen molar-refractivity contribution >= 4 is 27.3 Å². The number of aryl methyl sites for hydroxylation is 1. The van der Waals surface area contributed by atoms with Crippen molar-refractivity contribution in [2.24, 2.45) is 0 Å². The van der Waals surface area contributed by atoms with Gasteiger partial charge in [-0.1, -0.05) is 29.8 Å². The minimum Gasteiger partial charge on any atom is -0.305 e. The Morgan fingerprint density at radius 1 is 1.29 bits per heavy atom. The van der Waals surface area contributed by atoms with Crippen LogP contribution in [0.25, 0.3) is 0 Å². The van der Waals surface area contributed by atoms with E-state index in [1.54, 1.807) is 11.3 Å². The first-order valence-corrected chi connectivity index (χ1v) is 7.35. The van der Waals surface area contributed by atoms with Crippen LogP contribution in [0.2, 0.25) is 0 Å². The van der Waals surface area contributed by atoms with Crippen molar-refractivity contribution in [3.8, 4) is 0 Å². The average Bonchev–Trinajstić information content (AvgIpc) is 2.73. The molecule has 1 aromatic heterocycles. The summed E-state index contributed by atoms with van der Waals surface area (Å²) in [4.78, 5) is 1.36. The predicted molar refractivity (Wildman–Crippen MR) is 78.5 cm³/mol. The maximum Gasteiger partial charge on any atom is 0.0305 e. The minimum atomic E-state index is 0.386. The normalized spacial score (nSPS) is 12.6. The second kappa shape index (κ2) is 5.80. The van der Waals surface area contributed by atoms with Gasteiger partial charge in [-0.15, -0.1) is 11.3 Å². The summed E-state index contributed by atoms with van der Waals surface area (Å²) in [6.07, 6.45) is 0. The molecule has 1 nitrogen and oxygen atoms in total. The number of benzene rings is 1. The van der Waals surface area contributed by atoms with Gasteiger partial charge in [0.25, 0.3) is 0 Å². The van der Waals surface area contributed by atoms with Gasteiger partial charge < -0.3 is 5.32 Å². The summed E-state index contributed by atoms with van der Waals surface area (Å²) >= 11 is 5.25. The maximum atomic E-state index is 3.54. The van der Waals surface area contributed by atoms with E-state index in [0.717, 1.165) is 6.54 Å². The molecule has 2 aromatic rings. The Bertz CT molecular complexity index is 475. The number of nitrogens with one attached hydrogen (secondary N) is 1. The van der Waals surface area contributed by atoms with Crippen LogP contribution in [0.3, 0.4) is 0 Å². The summed E-state index contributed by atoms with van der Waals surface area (Å²) in [7, 11) is 0. The molecule has 0 aliphatic carbocycles. The van der Waals surface area contributed by atoms with Gasteiger partial charge >= 0.3 is 0 Å². The van der Waals surface area contributed by atoms with Crippen LogP contribution >= 0.6 is 27.3 Å². The maximum absolute atomic E-state index is 3.54. The van der Waals surface area contributed by atoms with Gasteiger partial charge in [0.1, 0.15) is 0 Å². The molecule has 1 N–H and O–H groups in total. The van der Waals surface area contributed by atoms with Crippen molar-refractivity contribution < 1.29 is 0 Å². The van der Waals surface area contributed by atoms with Gasteiger partial charge in [0.15, 0.2) is 0 Å². The van der Waals surface area contributed by atoms with Gasteiger partial charge in [-0.2, -0.15) is 0 Å². The highest BCUT2D eigenvalue weighted by molar-refractivity contribution is 9.10. The van der Waals surface area contributed by atoms with E-state index in [1.807, 2.05) is 0 Å². The van der Waals surface area contributed by atoms with Gasteiger partial charge in [-0.25, -0.2) is 0 Å². The van der Waals surface area contributed by atoms with Gasteiger partial charge in [-0.3, -0.25) is 0 Å². The van der Waals surface area contributed by atoms with Crippen LogP contribution in [-0.2, 0) is 6.54 Å². The monoisotopic (exact) mass is 309 g/mol. The lowest BCUT2D eigenvalue weighted by molar-refractivity contribution is 0.579. The van der Waals surface area contributed by atoms with E-state index in [1.165, 1.54) is 20.5 Å². The molecule has 0 fully saturated rings. The van der Waals surface area contributed by atoms with Gasteiger partial charge in [0.05, 0.1) is 0 Å². The molecular formula is C14H16BrNS. The number of thiophene rings is 1. The minimum absolute atomic E-state index is 0.386. The quantitative estimate of drug-likeness (QED) is 0.865. The molecule has 0 spiro atoms. The molecule has 0 radical (unpaired) electrons. The third-order valence-electron chi connectivity index (χ3n) is 2.78. The zero-order valence-electron chi connectivity index (χ0n) is 10.0. The molecule has 0 unspecified atom stereocenters. The third kappa shape index (κ3) is 3.66. The molecule has 0 bridgehead atoms. The Hall–Kier alpha value is -0.640. The Morgan fingerprint density at radius 3 is 2.59 bits per heavy atom. The smallest absolute Gasteiger partial charge is 0.0305 e. The van der Waals surface area contributed by atoms with E-state index in [2.05, 4.69) is 70.8 Å². The lowest BCUT2D eigenvalue weighted by atomic mass is 10.1. The molecule has 0 aliphatic heterocycles.